The molecule has 5 rings (SSSR count). The van der Waals surface area contributed by atoms with Crippen molar-refractivity contribution >= 4 is 0 Å². The van der Waals surface area contributed by atoms with Crippen molar-refractivity contribution in [3.8, 4) is 0 Å². The van der Waals surface area contributed by atoms with Gasteiger partial charge in [-0.3, -0.25) is 0 Å². The Hall–Kier alpha value is -0.120. The third-order valence-corrected chi connectivity index (χ3v) is 12.5. The summed E-state index contributed by atoms with van der Waals surface area (Å²) in [6.07, 6.45) is 10.7. The predicted molar refractivity (Wildman–Crippen MR) is 120 cm³/mol. The molecule has 29 heavy (non-hydrogen) atoms. The maximum atomic E-state index is 11.3. The van der Waals surface area contributed by atoms with E-state index < -0.39 is 0 Å². The van der Waals surface area contributed by atoms with Crippen LogP contribution in [0.25, 0.3) is 0 Å². The van der Waals surface area contributed by atoms with E-state index in [-0.39, 0.29) is 11.5 Å². The Labute approximate surface area is 179 Å². The van der Waals surface area contributed by atoms with Crippen molar-refractivity contribution in [1.29, 1.82) is 0 Å². The van der Waals surface area contributed by atoms with Crippen molar-refractivity contribution < 1.29 is 5.11 Å². The standard InChI is InChI=1S/C26H46N2O/c1-16(27-6)21-17(29)14-24(5)19-9-8-18-22(2,3)20(28-7)10-11-25(18)15-26(19,25)13-12-23(21,24)4/h16-21,27-29H,8-15H2,1-7H3/t16-,17+,18-,19-,20-,21-,23+,24+,25-,26-/m0/s1. The Morgan fingerprint density at radius 2 is 1.52 bits per heavy atom. The Morgan fingerprint density at radius 3 is 2.17 bits per heavy atom. The molecular weight excluding hydrogens is 356 g/mol. The number of nitrogens with one attached hydrogen (secondary N) is 2. The third kappa shape index (κ3) is 2.16. The van der Waals surface area contributed by atoms with Crippen LogP contribution in [-0.4, -0.2) is 37.4 Å². The van der Waals surface area contributed by atoms with Gasteiger partial charge in [0.2, 0.25) is 0 Å². The van der Waals surface area contributed by atoms with Crippen LogP contribution in [0.1, 0.15) is 86.0 Å². The van der Waals surface area contributed by atoms with Gasteiger partial charge in [-0.1, -0.05) is 27.7 Å². The van der Waals surface area contributed by atoms with E-state index in [4.69, 9.17) is 0 Å². The minimum atomic E-state index is -0.147. The normalized spacial score (nSPS) is 58.6. The quantitative estimate of drug-likeness (QED) is 0.647. The first-order valence-electron chi connectivity index (χ1n) is 12.6. The second-order valence-corrected chi connectivity index (χ2v) is 13.1. The molecule has 0 bridgehead atoms. The van der Waals surface area contributed by atoms with Crippen molar-refractivity contribution in [2.24, 2.45) is 44.8 Å². The van der Waals surface area contributed by atoms with E-state index in [9.17, 15) is 5.11 Å². The largest absolute Gasteiger partial charge is 0.393 e. The zero-order valence-electron chi connectivity index (χ0n) is 20.1. The van der Waals surface area contributed by atoms with E-state index in [1.54, 1.807) is 0 Å². The van der Waals surface area contributed by atoms with Gasteiger partial charge in [0, 0.05) is 18.0 Å². The lowest BCUT2D eigenvalue weighted by Gasteiger charge is -2.63. The Kier molecular flexibility index (Phi) is 4.31. The molecule has 0 amide bonds. The van der Waals surface area contributed by atoms with Crippen molar-refractivity contribution in [1.82, 2.24) is 10.6 Å². The van der Waals surface area contributed by atoms with Gasteiger partial charge in [-0.2, -0.15) is 0 Å². The van der Waals surface area contributed by atoms with E-state index >= 15 is 0 Å². The SMILES string of the molecule is CN[C@@H](C)[C@H]1[C@H](O)C[C@]2(C)[C@@H]3CC[C@H]4C(C)(C)[C@@H](NC)CC[C@]45C[C@@]35CC[C@]12C. The fourth-order valence-corrected chi connectivity index (χ4v) is 11.1. The van der Waals surface area contributed by atoms with Gasteiger partial charge in [-0.05, 0) is 111 Å². The zero-order valence-corrected chi connectivity index (χ0v) is 20.1. The molecule has 0 radical (unpaired) electrons. The van der Waals surface area contributed by atoms with Crippen LogP contribution >= 0.6 is 0 Å². The van der Waals surface area contributed by atoms with Gasteiger partial charge in [0.1, 0.15) is 0 Å². The summed E-state index contributed by atoms with van der Waals surface area (Å²) < 4.78 is 0. The summed E-state index contributed by atoms with van der Waals surface area (Å²) in [6, 6.07) is 1.06. The minimum Gasteiger partial charge on any atom is -0.393 e. The lowest BCUT2D eigenvalue weighted by molar-refractivity contribution is -0.144. The first kappa shape index (κ1) is 20.8. The highest BCUT2D eigenvalue weighted by molar-refractivity contribution is 5.31. The molecule has 0 saturated heterocycles. The topological polar surface area (TPSA) is 44.3 Å². The molecule has 0 aromatic carbocycles. The predicted octanol–water partition coefficient (Wildman–Crippen LogP) is 4.59. The highest BCUT2D eigenvalue weighted by Gasteiger charge is 2.82. The first-order valence-corrected chi connectivity index (χ1v) is 12.6. The molecule has 0 heterocycles. The molecule has 0 aromatic heterocycles. The second kappa shape index (κ2) is 6.01. The first-order chi connectivity index (χ1) is 13.5. The monoisotopic (exact) mass is 402 g/mol. The van der Waals surface area contributed by atoms with Gasteiger partial charge in [-0.15, -0.1) is 0 Å². The molecule has 0 aliphatic heterocycles. The lowest BCUT2D eigenvalue weighted by Crippen LogP contribution is -2.59. The minimum absolute atomic E-state index is 0.147. The Balaban J connectivity index is 1.52. The van der Waals surface area contributed by atoms with Crippen molar-refractivity contribution in [2.75, 3.05) is 14.1 Å². The van der Waals surface area contributed by atoms with Crippen molar-refractivity contribution in [2.45, 2.75) is 104 Å². The lowest BCUT2D eigenvalue weighted by atomic mass is 9.42. The summed E-state index contributed by atoms with van der Waals surface area (Å²) >= 11 is 0. The number of fused-ring (bicyclic) bond motifs is 2. The van der Waals surface area contributed by atoms with Crippen LogP contribution in [0, 0.1) is 44.8 Å². The molecule has 3 heteroatoms. The van der Waals surface area contributed by atoms with Crippen molar-refractivity contribution in [3.05, 3.63) is 0 Å². The van der Waals surface area contributed by atoms with E-state index in [1.165, 1.54) is 44.9 Å². The molecule has 5 fully saturated rings. The van der Waals surface area contributed by atoms with Crippen LogP contribution in [0.2, 0.25) is 0 Å². The number of aliphatic hydroxyl groups excluding tert-OH is 1. The van der Waals surface area contributed by atoms with Crippen LogP contribution in [0.15, 0.2) is 0 Å². The Morgan fingerprint density at radius 1 is 0.862 bits per heavy atom. The molecule has 10 atom stereocenters. The molecular formula is C26H46N2O. The van der Waals surface area contributed by atoms with Crippen LogP contribution in [-0.2, 0) is 0 Å². The number of hydrogen-bond acceptors (Lipinski definition) is 3. The average molecular weight is 403 g/mol. The fraction of sp³-hybridized carbons (Fsp3) is 1.00. The van der Waals surface area contributed by atoms with E-state index in [0.29, 0.717) is 39.7 Å². The van der Waals surface area contributed by atoms with Gasteiger partial charge in [0.25, 0.3) is 0 Å². The molecule has 3 N–H and O–H groups in total. The second-order valence-electron chi connectivity index (χ2n) is 13.1. The summed E-state index contributed by atoms with van der Waals surface area (Å²) in [7, 11) is 4.25. The smallest absolute Gasteiger partial charge is 0.0594 e. The molecule has 2 spiro atoms. The van der Waals surface area contributed by atoms with Gasteiger partial charge in [0.15, 0.2) is 0 Å². The molecule has 5 saturated carbocycles. The van der Waals surface area contributed by atoms with Crippen LogP contribution in [0.4, 0.5) is 0 Å². The van der Waals surface area contributed by atoms with Gasteiger partial charge >= 0.3 is 0 Å². The summed E-state index contributed by atoms with van der Waals surface area (Å²) in [5.41, 5.74) is 2.14. The van der Waals surface area contributed by atoms with E-state index in [2.05, 4.69) is 59.3 Å². The van der Waals surface area contributed by atoms with Crippen LogP contribution in [0.3, 0.4) is 0 Å². The highest BCUT2D eigenvalue weighted by atomic mass is 16.3. The van der Waals surface area contributed by atoms with Gasteiger partial charge < -0.3 is 15.7 Å². The Bertz CT molecular complexity index is 692. The van der Waals surface area contributed by atoms with Crippen LogP contribution in [0.5, 0.6) is 0 Å². The summed E-state index contributed by atoms with van der Waals surface area (Å²) in [4.78, 5) is 0. The number of aliphatic hydroxyl groups is 1. The van der Waals surface area contributed by atoms with Gasteiger partial charge in [0.05, 0.1) is 6.10 Å². The maximum absolute atomic E-state index is 11.3. The molecule has 0 unspecified atom stereocenters. The van der Waals surface area contributed by atoms with E-state index in [1.807, 2.05) is 0 Å². The maximum Gasteiger partial charge on any atom is 0.0594 e. The van der Waals surface area contributed by atoms with E-state index in [0.717, 1.165) is 18.3 Å². The molecule has 5 aliphatic rings. The zero-order chi connectivity index (χ0) is 21.0. The summed E-state index contributed by atoms with van der Waals surface area (Å²) in [5, 5.41) is 18.4. The molecule has 5 aliphatic carbocycles. The number of hydrogen-bond donors (Lipinski definition) is 3. The van der Waals surface area contributed by atoms with Gasteiger partial charge in [-0.25, -0.2) is 0 Å². The van der Waals surface area contributed by atoms with Crippen LogP contribution < -0.4 is 10.6 Å². The summed E-state index contributed by atoms with van der Waals surface area (Å²) in [6.45, 7) is 12.6. The third-order valence-electron chi connectivity index (χ3n) is 12.5. The fourth-order valence-electron chi connectivity index (χ4n) is 11.1. The molecule has 0 aromatic rings. The molecule has 3 nitrogen and oxygen atoms in total. The summed E-state index contributed by atoms with van der Waals surface area (Å²) in [5.74, 6) is 2.08. The van der Waals surface area contributed by atoms with Crippen molar-refractivity contribution in [3.63, 3.8) is 0 Å². The highest BCUT2D eigenvalue weighted by Crippen LogP contribution is 2.88. The average Bonchev–Trinajstić information content (AvgIpc) is 3.26. The molecule has 166 valence electrons. The number of rotatable bonds is 3.